The number of H-pyrrole nitrogens is 1. The summed E-state index contributed by atoms with van der Waals surface area (Å²) < 4.78 is 0. The minimum Gasteiger partial charge on any atom is -0.367 e. The molecule has 0 radical (unpaired) electrons. The lowest BCUT2D eigenvalue weighted by Gasteiger charge is -2.31. The molecular formula is C13H18N4S. The molecule has 2 aromatic heterocycles. The van der Waals surface area contributed by atoms with Gasteiger partial charge >= 0.3 is 0 Å². The van der Waals surface area contributed by atoms with E-state index in [0.29, 0.717) is 6.04 Å². The van der Waals surface area contributed by atoms with Gasteiger partial charge in [0.05, 0.1) is 11.7 Å². The first kappa shape index (κ1) is 11.9. The third-order valence-electron chi connectivity index (χ3n) is 3.47. The van der Waals surface area contributed by atoms with E-state index in [1.807, 2.05) is 12.4 Å². The van der Waals surface area contributed by atoms with Gasteiger partial charge < -0.3 is 10.3 Å². The van der Waals surface area contributed by atoms with Gasteiger partial charge in [0.15, 0.2) is 0 Å². The SMILES string of the molecule is CC(c1nc(-c2cc[nH]c2)cs1)N1CCNCC1. The monoisotopic (exact) mass is 262 g/mol. The van der Waals surface area contributed by atoms with Gasteiger partial charge in [0.2, 0.25) is 0 Å². The van der Waals surface area contributed by atoms with Crippen molar-refractivity contribution >= 4 is 11.3 Å². The zero-order valence-electron chi connectivity index (χ0n) is 10.5. The molecule has 1 unspecified atom stereocenters. The van der Waals surface area contributed by atoms with Crippen LogP contribution in [0.4, 0.5) is 0 Å². The number of hydrogen-bond donors (Lipinski definition) is 2. The van der Waals surface area contributed by atoms with E-state index >= 15 is 0 Å². The minimum atomic E-state index is 0.421. The van der Waals surface area contributed by atoms with Crippen LogP contribution in [0.25, 0.3) is 11.3 Å². The summed E-state index contributed by atoms with van der Waals surface area (Å²) in [4.78, 5) is 10.3. The van der Waals surface area contributed by atoms with Crippen LogP contribution in [0, 0.1) is 0 Å². The Labute approximate surface area is 111 Å². The van der Waals surface area contributed by atoms with Crippen molar-refractivity contribution < 1.29 is 0 Å². The lowest BCUT2D eigenvalue weighted by Crippen LogP contribution is -2.44. The van der Waals surface area contributed by atoms with E-state index < -0.39 is 0 Å². The first-order chi connectivity index (χ1) is 8.84. The van der Waals surface area contributed by atoms with Gasteiger partial charge in [0.25, 0.3) is 0 Å². The van der Waals surface area contributed by atoms with Crippen molar-refractivity contribution in [3.63, 3.8) is 0 Å². The van der Waals surface area contributed by atoms with Crippen molar-refractivity contribution in [2.45, 2.75) is 13.0 Å². The van der Waals surface area contributed by atoms with Crippen molar-refractivity contribution in [3.8, 4) is 11.3 Å². The topological polar surface area (TPSA) is 44.0 Å². The fourth-order valence-electron chi connectivity index (χ4n) is 2.32. The summed E-state index contributed by atoms with van der Waals surface area (Å²) in [5.41, 5.74) is 2.25. The van der Waals surface area contributed by atoms with Crippen LogP contribution in [0.3, 0.4) is 0 Å². The molecule has 0 bridgehead atoms. The smallest absolute Gasteiger partial charge is 0.110 e. The van der Waals surface area contributed by atoms with Gasteiger partial charge in [-0.1, -0.05) is 0 Å². The molecule has 1 saturated heterocycles. The average molecular weight is 262 g/mol. The molecular weight excluding hydrogens is 244 g/mol. The zero-order chi connectivity index (χ0) is 12.4. The van der Waals surface area contributed by atoms with E-state index in [9.17, 15) is 0 Å². The summed E-state index contributed by atoms with van der Waals surface area (Å²) in [7, 11) is 0. The summed E-state index contributed by atoms with van der Waals surface area (Å²) in [5.74, 6) is 0. The molecule has 2 aromatic rings. The number of rotatable bonds is 3. The first-order valence-corrected chi connectivity index (χ1v) is 7.26. The standard InChI is InChI=1S/C13H18N4S/c1-10(17-6-4-14-5-7-17)13-16-12(9-18-13)11-2-3-15-8-11/h2-3,8-10,14-15H,4-7H2,1H3. The fourth-order valence-corrected chi connectivity index (χ4v) is 3.24. The molecule has 18 heavy (non-hydrogen) atoms. The molecule has 4 nitrogen and oxygen atoms in total. The highest BCUT2D eigenvalue weighted by molar-refractivity contribution is 7.10. The number of nitrogens with zero attached hydrogens (tertiary/aromatic N) is 2. The van der Waals surface area contributed by atoms with Crippen LogP contribution in [-0.2, 0) is 0 Å². The Bertz CT molecular complexity index is 485. The van der Waals surface area contributed by atoms with Crippen molar-refractivity contribution in [1.29, 1.82) is 0 Å². The zero-order valence-corrected chi connectivity index (χ0v) is 11.3. The van der Waals surface area contributed by atoms with Gasteiger partial charge in [-0.25, -0.2) is 4.98 Å². The van der Waals surface area contributed by atoms with Gasteiger partial charge in [-0.2, -0.15) is 0 Å². The van der Waals surface area contributed by atoms with Crippen molar-refractivity contribution in [2.75, 3.05) is 26.2 Å². The van der Waals surface area contributed by atoms with E-state index in [1.165, 1.54) is 10.6 Å². The molecule has 1 fully saturated rings. The molecule has 3 heterocycles. The average Bonchev–Trinajstić information content (AvgIpc) is 3.09. The molecule has 0 saturated carbocycles. The molecule has 0 amide bonds. The molecule has 5 heteroatoms. The van der Waals surface area contributed by atoms with Crippen molar-refractivity contribution in [3.05, 3.63) is 28.8 Å². The van der Waals surface area contributed by atoms with Crippen LogP contribution in [0.15, 0.2) is 23.8 Å². The Hall–Kier alpha value is -1.17. The Morgan fingerprint density at radius 2 is 2.22 bits per heavy atom. The Balaban J connectivity index is 1.76. The second-order valence-electron chi connectivity index (χ2n) is 4.63. The highest BCUT2D eigenvalue weighted by atomic mass is 32.1. The van der Waals surface area contributed by atoms with E-state index in [-0.39, 0.29) is 0 Å². The number of thiazole rings is 1. The van der Waals surface area contributed by atoms with E-state index in [0.717, 1.165) is 31.9 Å². The van der Waals surface area contributed by atoms with Crippen molar-refractivity contribution in [2.24, 2.45) is 0 Å². The molecule has 96 valence electrons. The van der Waals surface area contributed by atoms with E-state index in [4.69, 9.17) is 4.98 Å². The molecule has 0 aliphatic carbocycles. The number of nitrogens with one attached hydrogen (secondary N) is 2. The quantitative estimate of drug-likeness (QED) is 0.890. The minimum absolute atomic E-state index is 0.421. The fraction of sp³-hybridized carbons (Fsp3) is 0.462. The third-order valence-corrected chi connectivity index (χ3v) is 4.49. The molecule has 0 spiro atoms. The van der Waals surface area contributed by atoms with Gasteiger partial charge in [-0.05, 0) is 13.0 Å². The third kappa shape index (κ3) is 2.34. The van der Waals surface area contributed by atoms with Crippen LogP contribution in [-0.4, -0.2) is 41.0 Å². The normalized spacial score (nSPS) is 18.9. The molecule has 1 aliphatic heterocycles. The van der Waals surface area contributed by atoms with Crippen LogP contribution in [0.1, 0.15) is 18.0 Å². The summed E-state index contributed by atoms with van der Waals surface area (Å²) >= 11 is 1.76. The van der Waals surface area contributed by atoms with E-state index in [2.05, 4.69) is 33.6 Å². The maximum absolute atomic E-state index is 4.76. The first-order valence-electron chi connectivity index (χ1n) is 6.38. The van der Waals surface area contributed by atoms with Gasteiger partial charge in [0.1, 0.15) is 5.01 Å². The molecule has 1 aliphatic rings. The van der Waals surface area contributed by atoms with Gasteiger partial charge in [-0.15, -0.1) is 11.3 Å². The molecule has 3 rings (SSSR count). The van der Waals surface area contributed by atoms with Crippen LogP contribution in [0.5, 0.6) is 0 Å². The number of piperazine rings is 1. The Morgan fingerprint density at radius 3 is 2.94 bits per heavy atom. The highest BCUT2D eigenvalue weighted by Crippen LogP contribution is 2.28. The predicted octanol–water partition coefficient (Wildman–Crippen LogP) is 2.10. The summed E-state index contributed by atoms with van der Waals surface area (Å²) in [6.45, 7) is 6.65. The molecule has 0 aromatic carbocycles. The number of aromatic nitrogens is 2. The van der Waals surface area contributed by atoms with Crippen LogP contribution in [0.2, 0.25) is 0 Å². The number of hydrogen-bond acceptors (Lipinski definition) is 4. The summed E-state index contributed by atoms with van der Waals surface area (Å²) in [6.07, 6.45) is 3.93. The second-order valence-corrected chi connectivity index (χ2v) is 5.52. The molecule has 1 atom stereocenters. The largest absolute Gasteiger partial charge is 0.367 e. The Morgan fingerprint density at radius 1 is 1.39 bits per heavy atom. The van der Waals surface area contributed by atoms with Crippen molar-refractivity contribution in [1.82, 2.24) is 20.2 Å². The second kappa shape index (κ2) is 5.22. The van der Waals surface area contributed by atoms with Gasteiger partial charge in [0, 0.05) is 49.5 Å². The highest BCUT2D eigenvalue weighted by Gasteiger charge is 2.20. The van der Waals surface area contributed by atoms with E-state index in [1.54, 1.807) is 11.3 Å². The Kier molecular flexibility index (Phi) is 3.45. The van der Waals surface area contributed by atoms with Crippen LogP contribution >= 0.6 is 11.3 Å². The van der Waals surface area contributed by atoms with Crippen LogP contribution < -0.4 is 5.32 Å². The molecule has 2 N–H and O–H groups in total. The summed E-state index contributed by atoms with van der Waals surface area (Å²) in [5, 5.41) is 6.75. The maximum atomic E-state index is 4.76. The number of aromatic amines is 1. The lowest BCUT2D eigenvalue weighted by molar-refractivity contribution is 0.185. The summed E-state index contributed by atoms with van der Waals surface area (Å²) in [6, 6.07) is 2.48. The predicted molar refractivity (Wildman–Crippen MR) is 74.8 cm³/mol. The van der Waals surface area contributed by atoms with Gasteiger partial charge in [-0.3, -0.25) is 4.90 Å². The maximum Gasteiger partial charge on any atom is 0.110 e. The lowest BCUT2D eigenvalue weighted by atomic mass is 10.2.